The second-order valence-electron chi connectivity index (χ2n) is 6.05. The number of anilines is 2. The summed E-state index contributed by atoms with van der Waals surface area (Å²) < 4.78 is 0. The summed E-state index contributed by atoms with van der Waals surface area (Å²) in [6.45, 7) is 1.92. The highest BCUT2D eigenvalue weighted by molar-refractivity contribution is 6.30. The van der Waals surface area contributed by atoms with E-state index >= 15 is 0 Å². The molecule has 0 radical (unpaired) electrons. The summed E-state index contributed by atoms with van der Waals surface area (Å²) in [7, 11) is 0. The number of hydrogen-bond donors (Lipinski definition) is 2. The molecule has 25 heavy (non-hydrogen) atoms. The highest BCUT2D eigenvalue weighted by Gasteiger charge is 2.21. The van der Waals surface area contributed by atoms with Crippen molar-refractivity contribution in [2.75, 3.05) is 18.4 Å². The quantitative estimate of drug-likeness (QED) is 0.743. The Morgan fingerprint density at radius 2 is 1.84 bits per heavy atom. The normalized spacial score (nSPS) is 16.8. The van der Waals surface area contributed by atoms with E-state index in [9.17, 15) is 0 Å². The molecule has 0 amide bonds. The fourth-order valence-corrected chi connectivity index (χ4v) is 3.07. The fraction of sp³-hybridized carbons (Fsp3) is 0.211. The molecule has 0 unspecified atom stereocenters. The third-order valence-corrected chi connectivity index (χ3v) is 4.51. The molecular weight excluding hydrogens is 334 g/mol. The van der Waals surface area contributed by atoms with Gasteiger partial charge in [0.25, 0.3) is 0 Å². The minimum absolute atomic E-state index is 0.340. The number of rotatable bonds is 4. The van der Waals surface area contributed by atoms with E-state index in [1.165, 1.54) is 0 Å². The Balaban J connectivity index is 1.71. The molecule has 1 saturated heterocycles. The fourth-order valence-electron chi connectivity index (χ4n) is 2.94. The van der Waals surface area contributed by atoms with Gasteiger partial charge in [-0.05, 0) is 49.4 Å². The van der Waals surface area contributed by atoms with E-state index in [2.05, 4.69) is 15.6 Å². The SMILES string of the molecule is Clc1ccc(Nc2cc(-c3ccncc3)nc([C@H]3CCNC3)n2)cc1. The standard InChI is InChI=1S/C19H18ClN5/c20-15-1-3-16(4-2-15)23-18-11-17(13-5-8-21-9-6-13)24-19(25-18)14-7-10-22-12-14/h1-6,8-9,11,14,22H,7,10,12H2,(H,23,24,25)/t14-/m0/s1. The Morgan fingerprint density at radius 1 is 1.04 bits per heavy atom. The summed E-state index contributed by atoms with van der Waals surface area (Å²) in [6.07, 6.45) is 4.61. The molecule has 126 valence electrons. The van der Waals surface area contributed by atoms with Crippen molar-refractivity contribution in [3.8, 4) is 11.3 Å². The van der Waals surface area contributed by atoms with Crippen LogP contribution in [0.4, 0.5) is 11.5 Å². The number of hydrogen-bond acceptors (Lipinski definition) is 5. The molecule has 4 rings (SSSR count). The minimum atomic E-state index is 0.340. The molecule has 3 heterocycles. The molecule has 5 nitrogen and oxygen atoms in total. The molecule has 1 aliphatic rings. The maximum atomic E-state index is 5.96. The van der Waals surface area contributed by atoms with Crippen LogP contribution in [0, 0.1) is 0 Å². The van der Waals surface area contributed by atoms with Crippen molar-refractivity contribution in [1.29, 1.82) is 0 Å². The van der Waals surface area contributed by atoms with Gasteiger partial charge in [0.05, 0.1) is 5.69 Å². The van der Waals surface area contributed by atoms with Gasteiger partial charge in [0.15, 0.2) is 0 Å². The average molecular weight is 352 g/mol. The van der Waals surface area contributed by atoms with Gasteiger partial charge in [-0.2, -0.15) is 0 Å². The number of pyridine rings is 1. The lowest BCUT2D eigenvalue weighted by Gasteiger charge is -2.13. The Labute approximate surface area is 151 Å². The Bertz CT molecular complexity index is 845. The first-order valence-corrected chi connectivity index (χ1v) is 8.68. The van der Waals surface area contributed by atoms with Crippen LogP contribution >= 0.6 is 11.6 Å². The van der Waals surface area contributed by atoms with Crippen LogP contribution in [0.5, 0.6) is 0 Å². The van der Waals surface area contributed by atoms with Crippen molar-refractivity contribution in [1.82, 2.24) is 20.3 Å². The van der Waals surface area contributed by atoms with E-state index in [-0.39, 0.29) is 0 Å². The summed E-state index contributed by atoms with van der Waals surface area (Å²) in [5.41, 5.74) is 2.87. The van der Waals surface area contributed by atoms with Crippen LogP contribution in [0.25, 0.3) is 11.3 Å². The maximum Gasteiger partial charge on any atom is 0.135 e. The first-order chi connectivity index (χ1) is 12.3. The zero-order valence-corrected chi connectivity index (χ0v) is 14.4. The number of nitrogens with zero attached hydrogens (tertiary/aromatic N) is 3. The summed E-state index contributed by atoms with van der Waals surface area (Å²) >= 11 is 5.96. The van der Waals surface area contributed by atoms with Crippen LogP contribution in [0.3, 0.4) is 0 Å². The molecule has 0 aliphatic carbocycles. The van der Waals surface area contributed by atoms with Crippen molar-refractivity contribution in [3.05, 3.63) is 65.7 Å². The monoisotopic (exact) mass is 351 g/mol. The Hall–Kier alpha value is -2.50. The largest absolute Gasteiger partial charge is 0.340 e. The highest BCUT2D eigenvalue weighted by Crippen LogP contribution is 2.27. The lowest BCUT2D eigenvalue weighted by Crippen LogP contribution is -2.11. The summed E-state index contributed by atoms with van der Waals surface area (Å²) in [4.78, 5) is 13.6. The predicted octanol–water partition coefficient (Wildman–Crippen LogP) is 4.01. The van der Waals surface area contributed by atoms with Gasteiger partial charge in [-0.1, -0.05) is 11.6 Å². The molecule has 1 aromatic carbocycles. The Kier molecular flexibility index (Phi) is 4.59. The second-order valence-corrected chi connectivity index (χ2v) is 6.49. The van der Waals surface area contributed by atoms with E-state index < -0.39 is 0 Å². The molecule has 1 fully saturated rings. The van der Waals surface area contributed by atoms with Crippen molar-refractivity contribution in [2.24, 2.45) is 0 Å². The van der Waals surface area contributed by atoms with Crippen molar-refractivity contribution >= 4 is 23.1 Å². The van der Waals surface area contributed by atoms with Gasteiger partial charge in [-0.25, -0.2) is 9.97 Å². The van der Waals surface area contributed by atoms with Crippen LogP contribution in [0.15, 0.2) is 54.9 Å². The molecule has 1 aliphatic heterocycles. The van der Waals surface area contributed by atoms with Gasteiger partial charge in [0, 0.05) is 47.2 Å². The van der Waals surface area contributed by atoms with Crippen LogP contribution in [0.2, 0.25) is 5.02 Å². The lowest BCUT2D eigenvalue weighted by molar-refractivity contribution is 0.704. The third kappa shape index (κ3) is 3.78. The maximum absolute atomic E-state index is 5.96. The van der Waals surface area contributed by atoms with E-state index in [0.717, 1.165) is 48.1 Å². The van der Waals surface area contributed by atoms with Crippen LogP contribution in [-0.4, -0.2) is 28.0 Å². The lowest BCUT2D eigenvalue weighted by atomic mass is 10.1. The summed E-state index contributed by atoms with van der Waals surface area (Å²) in [5, 5.41) is 7.45. The smallest absolute Gasteiger partial charge is 0.135 e. The molecule has 0 bridgehead atoms. The topological polar surface area (TPSA) is 62.7 Å². The van der Waals surface area contributed by atoms with Gasteiger partial charge in [-0.3, -0.25) is 4.98 Å². The highest BCUT2D eigenvalue weighted by atomic mass is 35.5. The summed E-state index contributed by atoms with van der Waals surface area (Å²) in [6, 6.07) is 13.5. The zero-order valence-electron chi connectivity index (χ0n) is 13.6. The number of nitrogens with one attached hydrogen (secondary N) is 2. The van der Waals surface area contributed by atoms with E-state index in [0.29, 0.717) is 10.9 Å². The molecule has 0 saturated carbocycles. The summed E-state index contributed by atoms with van der Waals surface area (Å²) in [5.74, 6) is 1.99. The molecule has 2 aromatic heterocycles. The van der Waals surface area contributed by atoms with Gasteiger partial charge >= 0.3 is 0 Å². The van der Waals surface area contributed by atoms with Gasteiger partial charge in [0.2, 0.25) is 0 Å². The number of aromatic nitrogens is 3. The molecule has 6 heteroatoms. The minimum Gasteiger partial charge on any atom is -0.340 e. The molecular formula is C19H18ClN5. The predicted molar refractivity (Wildman–Crippen MR) is 100 cm³/mol. The molecule has 1 atom stereocenters. The van der Waals surface area contributed by atoms with Crippen molar-refractivity contribution in [2.45, 2.75) is 12.3 Å². The van der Waals surface area contributed by atoms with Gasteiger partial charge < -0.3 is 10.6 Å². The van der Waals surface area contributed by atoms with Crippen molar-refractivity contribution in [3.63, 3.8) is 0 Å². The molecule has 3 aromatic rings. The number of benzene rings is 1. The first kappa shape index (κ1) is 16.0. The third-order valence-electron chi connectivity index (χ3n) is 4.26. The van der Waals surface area contributed by atoms with Gasteiger partial charge in [-0.15, -0.1) is 0 Å². The average Bonchev–Trinajstić information content (AvgIpc) is 3.19. The van der Waals surface area contributed by atoms with Crippen LogP contribution in [-0.2, 0) is 0 Å². The Morgan fingerprint density at radius 3 is 2.56 bits per heavy atom. The van der Waals surface area contributed by atoms with E-state index in [1.54, 1.807) is 12.4 Å². The van der Waals surface area contributed by atoms with Crippen molar-refractivity contribution < 1.29 is 0 Å². The van der Waals surface area contributed by atoms with E-state index in [4.69, 9.17) is 21.6 Å². The van der Waals surface area contributed by atoms with Gasteiger partial charge in [0.1, 0.15) is 11.6 Å². The number of halogens is 1. The van der Waals surface area contributed by atoms with Crippen LogP contribution in [0.1, 0.15) is 18.2 Å². The second kappa shape index (κ2) is 7.17. The zero-order chi connectivity index (χ0) is 17.1. The molecule has 2 N–H and O–H groups in total. The van der Waals surface area contributed by atoms with Crippen LogP contribution < -0.4 is 10.6 Å². The first-order valence-electron chi connectivity index (χ1n) is 8.30. The van der Waals surface area contributed by atoms with E-state index in [1.807, 2.05) is 42.5 Å². The molecule has 0 spiro atoms.